The van der Waals surface area contributed by atoms with Gasteiger partial charge in [0.05, 0.1) is 30.9 Å². The first-order valence-electron chi connectivity index (χ1n) is 5.30. The summed E-state index contributed by atoms with van der Waals surface area (Å²) in [5, 5.41) is 9.42. The molecular formula is C11H14FNO3S. The number of rotatable bonds is 4. The van der Waals surface area contributed by atoms with E-state index in [1.54, 1.807) is 12.1 Å². The van der Waals surface area contributed by atoms with Crippen molar-refractivity contribution in [2.75, 3.05) is 25.1 Å². The third-order valence-electron chi connectivity index (χ3n) is 2.62. The zero-order valence-electron chi connectivity index (χ0n) is 9.43. The average molecular weight is 259 g/mol. The maximum Gasteiger partial charge on any atom is 0.147 e. The fourth-order valence-corrected chi connectivity index (χ4v) is 2.25. The van der Waals surface area contributed by atoms with Crippen LogP contribution in [-0.2, 0) is 9.22 Å². The summed E-state index contributed by atoms with van der Waals surface area (Å²) in [5.41, 5.74) is 0.517. The van der Waals surface area contributed by atoms with Crippen molar-refractivity contribution in [2.24, 2.45) is 0 Å². The van der Waals surface area contributed by atoms with Crippen LogP contribution in [0.1, 0.15) is 6.42 Å². The molecule has 0 aliphatic carbocycles. The van der Waals surface area contributed by atoms with Gasteiger partial charge in [0.15, 0.2) is 0 Å². The van der Waals surface area contributed by atoms with Crippen LogP contribution in [0.3, 0.4) is 0 Å². The standard InChI is InChI=1S/C11H14FNO3S/c1-15-16-17-9-2-3-11(10(12)6-9)13-5-4-8(14)7-13/h2-3,6,8,14H,4-5,7H2,1H3/t8-/m1/s1. The SMILES string of the molecule is COOSc1ccc(N2CC[C@@H](O)C2)c(F)c1. The van der Waals surface area contributed by atoms with Crippen molar-refractivity contribution in [3.05, 3.63) is 24.0 Å². The molecule has 6 heteroatoms. The molecule has 1 fully saturated rings. The highest BCUT2D eigenvalue weighted by Crippen LogP contribution is 2.28. The Morgan fingerprint density at radius 3 is 2.94 bits per heavy atom. The highest BCUT2D eigenvalue weighted by molar-refractivity contribution is 7.94. The van der Waals surface area contributed by atoms with E-state index in [1.165, 1.54) is 13.2 Å². The third kappa shape index (κ3) is 3.10. The van der Waals surface area contributed by atoms with Crippen LogP contribution in [0.25, 0.3) is 0 Å². The van der Waals surface area contributed by atoms with Gasteiger partial charge in [-0.1, -0.05) is 0 Å². The zero-order chi connectivity index (χ0) is 12.3. The Bertz CT molecular complexity index is 391. The molecule has 0 unspecified atom stereocenters. The molecule has 1 aromatic rings. The summed E-state index contributed by atoms with van der Waals surface area (Å²) >= 11 is 0.956. The fourth-order valence-electron chi connectivity index (χ4n) is 1.83. The molecule has 0 radical (unpaired) electrons. The molecule has 1 heterocycles. The summed E-state index contributed by atoms with van der Waals surface area (Å²) in [6.45, 7) is 1.16. The molecule has 4 nitrogen and oxygen atoms in total. The number of benzene rings is 1. The normalized spacial score (nSPS) is 19.9. The molecule has 0 amide bonds. The lowest BCUT2D eigenvalue weighted by molar-refractivity contribution is -0.160. The summed E-state index contributed by atoms with van der Waals surface area (Å²) in [7, 11) is 1.39. The van der Waals surface area contributed by atoms with Crippen molar-refractivity contribution in [3.63, 3.8) is 0 Å². The summed E-state index contributed by atoms with van der Waals surface area (Å²) in [5.74, 6) is -0.316. The van der Waals surface area contributed by atoms with Gasteiger partial charge in [0, 0.05) is 18.0 Å². The molecule has 1 aliphatic heterocycles. The third-order valence-corrected chi connectivity index (χ3v) is 3.27. The molecule has 0 saturated carbocycles. The summed E-state index contributed by atoms with van der Waals surface area (Å²) in [6.07, 6.45) is 0.322. The molecule has 1 aliphatic rings. The Labute approximate surface area is 103 Å². The van der Waals surface area contributed by atoms with E-state index < -0.39 is 0 Å². The quantitative estimate of drug-likeness (QED) is 0.509. The molecule has 0 bridgehead atoms. The molecule has 94 valence electrons. The molecule has 1 aromatic carbocycles. The van der Waals surface area contributed by atoms with E-state index in [2.05, 4.69) is 9.22 Å². The first kappa shape index (κ1) is 12.6. The first-order chi connectivity index (χ1) is 8.20. The molecule has 1 saturated heterocycles. The number of anilines is 1. The Morgan fingerprint density at radius 2 is 2.35 bits per heavy atom. The van der Waals surface area contributed by atoms with Crippen molar-refractivity contribution in [3.8, 4) is 0 Å². The monoisotopic (exact) mass is 259 g/mol. The van der Waals surface area contributed by atoms with E-state index in [-0.39, 0.29) is 11.9 Å². The van der Waals surface area contributed by atoms with E-state index in [9.17, 15) is 9.50 Å². The molecule has 1 N–H and O–H groups in total. The highest BCUT2D eigenvalue weighted by atomic mass is 32.2. The van der Waals surface area contributed by atoms with Gasteiger partial charge in [0.1, 0.15) is 5.82 Å². The second-order valence-corrected chi connectivity index (χ2v) is 4.59. The van der Waals surface area contributed by atoms with Gasteiger partial charge >= 0.3 is 0 Å². The lowest BCUT2D eigenvalue weighted by Gasteiger charge is -2.18. The van der Waals surface area contributed by atoms with Gasteiger partial charge in [-0.15, -0.1) is 0 Å². The fraction of sp³-hybridized carbons (Fsp3) is 0.455. The van der Waals surface area contributed by atoms with Crippen LogP contribution in [0.15, 0.2) is 23.1 Å². The van der Waals surface area contributed by atoms with Gasteiger partial charge in [-0.25, -0.2) is 9.28 Å². The van der Waals surface area contributed by atoms with Crippen molar-refractivity contribution >= 4 is 17.7 Å². The van der Waals surface area contributed by atoms with E-state index in [0.29, 0.717) is 30.1 Å². The largest absolute Gasteiger partial charge is 0.391 e. The Balaban J connectivity index is 2.08. The first-order valence-corrected chi connectivity index (χ1v) is 6.05. The van der Waals surface area contributed by atoms with Gasteiger partial charge in [-0.3, -0.25) is 0 Å². The molecule has 2 rings (SSSR count). The number of hydrogen-bond donors (Lipinski definition) is 1. The lowest BCUT2D eigenvalue weighted by Crippen LogP contribution is -2.22. The van der Waals surface area contributed by atoms with E-state index in [4.69, 9.17) is 0 Å². The second kappa shape index (κ2) is 5.68. The van der Waals surface area contributed by atoms with Crippen LogP contribution in [-0.4, -0.2) is 31.4 Å². The van der Waals surface area contributed by atoms with Crippen LogP contribution in [0.2, 0.25) is 0 Å². The number of aliphatic hydroxyl groups excluding tert-OH is 1. The number of β-amino-alcohol motifs (C(OH)–C–C–N with tert-alkyl or cyclic N) is 1. The van der Waals surface area contributed by atoms with E-state index >= 15 is 0 Å². The van der Waals surface area contributed by atoms with Gasteiger partial charge in [0.25, 0.3) is 0 Å². The lowest BCUT2D eigenvalue weighted by atomic mass is 10.3. The smallest absolute Gasteiger partial charge is 0.147 e. The number of nitrogens with zero attached hydrogens (tertiary/aromatic N) is 1. The number of halogens is 1. The van der Waals surface area contributed by atoms with Crippen molar-refractivity contribution in [2.45, 2.75) is 17.4 Å². The Hall–Kier alpha value is -0.820. The predicted octanol–water partition coefficient (Wildman–Crippen LogP) is 1.98. The highest BCUT2D eigenvalue weighted by Gasteiger charge is 2.22. The number of aliphatic hydroxyl groups is 1. The molecule has 17 heavy (non-hydrogen) atoms. The summed E-state index contributed by atoms with van der Waals surface area (Å²) in [4.78, 5) is 6.90. The molecule has 1 atom stereocenters. The topological polar surface area (TPSA) is 41.9 Å². The van der Waals surface area contributed by atoms with Crippen LogP contribution in [0.4, 0.5) is 10.1 Å². The minimum Gasteiger partial charge on any atom is -0.391 e. The number of hydrogen-bond acceptors (Lipinski definition) is 5. The van der Waals surface area contributed by atoms with Gasteiger partial charge in [0.2, 0.25) is 0 Å². The minimum atomic E-state index is -0.361. The zero-order valence-corrected chi connectivity index (χ0v) is 10.2. The van der Waals surface area contributed by atoms with E-state index in [1.807, 2.05) is 4.90 Å². The Kier molecular flexibility index (Phi) is 4.22. The predicted molar refractivity (Wildman–Crippen MR) is 63.2 cm³/mol. The van der Waals surface area contributed by atoms with Gasteiger partial charge in [-0.2, -0.15) is 4.33 Å². The summed E-state index contributed by atoms with van der Waals surface area (Å²) in [6, 6.07) is 4.84. The van der Waals surface area contributed by atoms with E-state index in [0.717, 1.165) is 12.0 Å². The van der Waals surface area contributed by atoms with Crippen molar-refractivity contribution in [1.82, 2.24) is 0 Å². The minimum absolute atomic E-state index is 0.316. The Morgan fingerprint density at radius 1 is 1.53 bits per heavy atom. The molecule has 0 spiro atoms. The van der Waals surface area contributed by atoms with Gasteiger partial charge in [-0.05, 0) is 24.6 Å². The maximum atomic E-state index is 13.8. The van der Waals surface area contributed by atoms with Crippen LogP contribution < -0.4 is 4.90 Å². The van der Waals surface area contributed by atoms with Crippen molar-refractivity contribution < 1.29 is 18.7 Å². The average Bonchev–Trinajstić information content (AvgIpc) is 2.73. The van der Waals surface area contributed by atoms with Crippen molar-refractivity contribution in [1.29, 1.82) is 0 Å². The van der Waals surface area contributed by atoms with Gasteiger partial charge < -0.3 is 10.0 Å². The molecular weight excluding hydrogens is 245 g/mol. The van der Waals surface area contributed by atoms with Crippen LogP contribution in [0, 0.1) is 5.82 Å². The van der Waals surface area contributed by atoms with Crippen LogP contribution in [0.5, 0.6) is 0 Å². The summed E-state index contributed by atoms with van der Waals surface area (Å²) < 4.78 is 18.5. The molecule has 0 aromatic heterocycles. The maximum absolute atomic E-state index is 13.8. The second-order valence-electron chi connectivity index (χ2n) is 3.82. The van der Waals surface area contributed by atoms with Crippen LogP contribution >= 0.6 is 12.0 Å².